The Hall–Kier alpha value is -2.94. The molecule has 0 saturated carbocycles. The molecule has 1 atom stereocenters. The van der Waals surface area contributed by atoms with Gasteiger partial charge in [-0.3, -0.25) is 14.4 Å². The summed E-state index contributed by atoms with van der Waals surface area (Å²) in [6.07, 6.45) is 0.935. The molecule has 1 saturated heterocycles. The second-order valence-corrected chi connectivity index (χ2v) is 9.81. The molecule has 3 amide bonds. The van der Waals surface area contributed by atoms with Crippen LogP contribution in [0.15, 0.2) is 29.6 Å². The summed E-state index contributed by atoms with van der Waals surface area (Å²) < 4.78 is 6.12. The summed E-state index contributed by atoms with van der Waals surface area (Å²) in [7, 11) is 0. The van der Waals surface area contributed by atoms with Crippen molar-refractivity contribution < 1.29 is 19.1 Å². The molecule has 9 heteroatoms. The van der Waals surface area contributed by atoms with Crippen molar-refractivity contribution in [1.82, 2.24) is 15.2 Å². The van der Waals surface area contributed by atoms with Crippen LogP contribution in [-0.2, 0) is 15.0 Å². The molecule has 2 aliphatic rings. The van der Waals surface area contributed by atoms with Gasteiger partial charge in [0.15, 0.2) is 10.9 Å². The van der Waals surface area contributed by atoms with Crippen LogP contribution in [0.3, 0.4) is 0 Å². The first-order valence-corrected chi connectivity index (χ1v) is 11.2. The molecule has 1 aromatic carbocycles. The SMILES string of the molecule is CC(C)(C)c1csc(NC(=O)CN2CC[C@@]3(CCC2=O)NC(=O)c2ccccc2O3)n1. The maximum Gasteiger partial charge on any atom is 0.258 e. The van der Waals surface area contributed by atoms with Crippen LogP contribution in [0.2, 0.25) is 0 Å². The van der Waals surface area contributed by atoms with E-state index in [1.54, 1.807) is 18.2 Å². The molecule has 8 nitrogen and oxygen atoms in total. The molecular formula is C22H26N4O4S. The molecule has 1 aromatic heterocycles. The van der Waals surface area contributed by atoms with E-state index in [2.05, 4.69) is 36.4 Å². The van der Waals surface area contributed by atoms with Gasteiger partial charge >= 0.3 is 0 Å². The second-order valence-electron chi connectivity index (χ2n) is 8.95. The van der Waals surface area contributed by atoms with Gasteiger partial charge in [-0.2, -0.15) is 0 Å². The number of amides is 3. The van der Waals surface area contributed by atoms with Crippen molar-refractivity contribution in [2.75, 3.05) is 18.4 Å². The van der Waals surface area contributed by atoms with Crippen molar-refractivity contribution in [2.45, 2.75) is 51.2 Å². The number of nitrogens with zero attached hydrogens (tertiary/aromatic N) is 2. The molecule has 2 aromatic rings. The number of carbonyl (C=O) groups is 3. The maximum atomic E-state index is 12.7. The lowest BCUT2D eigenvalue weighted by molar-refractivity contribution is -0.134. The number of thiazole rings is 1. The molecule has 31 heavy (non-hydrogen) atoms. The number of anilines is 1. The van der Waals surface area contributed by atoms with E-state index in [1.807, 2.05) is 11.4 Å². The summed E-state index contributed by atoms with van der Waals surface area (Å²) in [6.45, 7) is 6.42. The molecule has 1 spiro atoms. The van der Waals surface area contributed by atoms with Gasteiger partial charge in [-0.05, 0) is 12.1 Å². The third kappa shape index (κ3) is 4.56. The molecule has 2 N–H and O–H groups in total. The van der Waals surface area contributed by atoms with E-state index in [9.17, 15) is 14.4 Å². The number of hydrogen-bond acceptors (Lipinski definition) is 6. The molecule has 3 heterocycles. The van der Waals surface area contributed by atoms with Gasteiger partial charge in [-0.15, -0.1) is 11.3 Å². The third-order valence-electron chi connectivity index (χ3n) is 5.51. The van der Waals surface area contributed by atoms with Crippen molar-refractivity contribution in [3.05, 3.63) is 40.9 Å². The summed E-state index contributed by atoms with van der Waals surface area (Å²) in [5.74, 6) is -0.126. The fourth-order valence-corrected chi connectivity index (χ4v) is 4.64. The minimum absolute atomic E-state index is 0.0656. The molecule has 0 radical (unpaired) electrons. The van der Waals surface area contributed by atoms with Crippen molar-refractivity contribution in [1.29, 1.82) is 0 Å². The van der Waals surface area contributed by atoms with Crippen molar-refractivity contribution in [3.63, 3.8) is 0 Å². The lowest BCUT2D eigenvalue weighted by Crippen LogP contribution is -2.56. The molecule has 1 fully saturated rings. The van der Waals surface area contributed by atoms with Gasteiger partial charge in [0.2, 0.25) is 11.8 Å². The van der Waals surface area contributed by atoms with Crippen LogP contribution in [0.25, 0.3) is 0 Å². The average Bonchev–Trinajstić information content (AvgIpc) is 3.13. The number of rotatable bonds is 3. The normalized spacial score (nSPS) is 21.2. The van der Waals surface area contributed by atoms with Crippen molar-refractivity contribution in [2.24, 2.45) is 0 Å². The Morgan fingerprint density at radius 2 is 2.06 bits per heavy atom. The van der Waals surface area contributed by atoms with Crippen LogP contribution >= 0.6 is 11.3 Å². The van der Waals surface area contributed by atoms with Gasteiger partial charge in [-0.1, -0.05) is 32.9 Å². The van der Waals surface area contributed by atoms with E-state index in [1.165, 1.54) is 16.2 Å². The van der Waals surface area contributed by atoms with Crippen LogP contribution in [0.4, 0.5) is 5.13 Å². The largest absolute Gasteiger partial charge is 0.467 e. The molecule has 0 unspecified atom stereocenters. The number of fused-ring (bicyclic) bond motifs is 1. The van der Waals surface area contributed by atoms with Gasteiger partial charge in [0.25, 0.3) is 5.91 Å². The van der Waals surface area contributed by atoms with Gasteiger partial charge in [0.05, 0.1) is 17.8 Å². The molecule has 4 rings (SSSR count). The number of aromatic nitrogens is 1. The highest BCUT2D eigenvalue weighted by molar-refractivity contribution is 7.13. The summed E-state index contributed by atoms with van der Waals surface area (Å²) in [4.78, 5) is 43.7. The van der Waals surface area contributed by atoms with Gasteiger partial charge in [0, 0.05) is 36.6 Å². The second kappa shape index (κ2) is 7.96. The van der Waals surface area contributed by atoms with Crippen LogP contribution in [0.1, 0.15) is 56.1 Å². The van der Waals surface area contributed by atoms with Crippen molar-refractivity contribution in [3.8, 4) is 5.75 Å². The smallest absolute Gasteiger partial charge is 0.258 e. The van der Waals surface area contributed by atoms with Gasteiger partial charge in [-0.25, -0.2) is 4.98 Å². The lowest BCUT2D eigenvalue weighted by atomic mass is 9.93. The number of benzene rings is 1. The fourth-order valence-electron chi connectivity index (χ4n) is 3.69. The molecule has 2 aliphatic heterocycles. The Balaban J connectivity index is 1.40. The van der Waals surface area contributed by atoms with Crippen molar-refractivity contribution >= 4 is 34.2 Å². The molecule has 0 aliphatic carbocycles. The maximum absolute atomic E-state index is 12.7. The zero-order valence-electron chi connectivity index (χ0n) is 17.9. The predicted octanol–water partition coefficient (Wildman–Crippen LogP) is 2.91. The first kappa shape index (κ1) is 21.3. The minimum atomic E-state index is -0.941. The van der Waals surface area contributed by atoms with Crippen LogP contribution in [0.5, 0.6) is 5.75 Å². The first-order chi connectivity index (χ1) is 14.7. The Morgan fingerprint density at radius 3 is 2.81 bits per heavy atom. The van der Waals surface area contributed by atoms with Gasteiger partial charge in [0.1, 0.15) is 5.75 Å². The number of likely N-dealkylation sites (tertiary alicyclic amines) is 1. The van der Waals surface area contributed by atoms with E-state index in [0.717, 1.165) is 5.69 Å². The average molecular weight is 443 g/mol. The van der Waals surface area contributed by atoms with Gasteiger partial charge < -0.3 is 20.3 Å². The van der Waals surface area contributed by atoms with E-state index < -0.39 is 5.72 Å². The van der Waals surface area contributed by atoms with Crippen LogP contribution < -0.4 is 15.4 Å². The summed E-state index contributed by atoms with van der Waals surface area (Å²) in [5.41, 5.74) is 0.352. The Kier molecular flexibility index (Phi) is 5.47. The summed E-state index contributed by atoms with van der Waals surface area (Å²) >= 11 is 1.37. The molecular weight excluding hydrogens is 416 g/mol. The van der Waals surface area contributed by atoms with Crippen LogP contribution in [-0.4, -0.2) is 46.4 Å². The molecule has 0 bridgehead atoms. The first-order valence-electron chi connectivity index (χ1n) is 10.3. The van der Waals surface area contributed by atoms with E-state index >= 15 is 0 Å². The Morgan fingerprint density at radius 1 is 1.29 bits per heavy atom. The summed E-state index contributed by atoms with van der Waals surface area (Å²) in [6, 6.07) is 7.06. The quantitative estimate of drug-likeness (QED) is 0.761. The number of hydrogen-bond donors (Lipinski definition) is 2. The minimum Gasteiger partial charge on any atom is -0.467 e. The standard InChI is InChI=1S/C22H26N4O4S/c1-21(2,3)16-13-31-20(23-16)24-17(27)12-26-11-10-22(9-8-18(26)28)25-19(29)14-6-4-5-7-15(14)30-22/h4-7,13H,8-12H2,1-3H3,(H,25,29)(H,23,24,27)/t22-/m0/s1. The third-order valence-corrected chi connectivity index (χ3v) is 6.27. The Bertz CT molecular complexity index is 1030. The Labute approximate surface area is 185 Å². The monoisotopic (exact) mass is 442 g/mol. The topological polar surface area (TPSA) is 101 Å². The fraction of sp³-hybridized carbons (Fsp3) is 0.455. The van der Waals surface area contributed by atoms with E-state index in [4.69, 9.17) is 4.74 Å². The number of nitrogens with one attached hydrogen (secondary N) is 2. The lowest BCUT2D eigenvalue weighted by Gasteiger charge is -2.38. The number of carbonyl (C=O) groups excluding carboxylic acids is 3. The zero-order valence-corrected chi connectivity index (χ0v) is 18.7. The zero-order chi connectivity index (χ0) is 22.2. The van der Waals surface area contributed by atoms with E-state index in [-0.39, 0.29) is 36.1 Å². The number of ether oxygens (including phenoxy) is 1. The highest BCUT2D eigenvalue weighted by Crippen LogP contribution is 2.33. The van der Waals surface area contributed by atoms with Crippen LogP contribution in [0, 0.1) is 0 Å². The predicted molar refractivity (Wildman–Crippen MR) is 117 cm³/mol. The highest BCUT2D eigenvalue weighted by atomic mass is 32.1. The highest BCUT2D eigenvalue weighted by Gasteiger charge is 2.42. The van der Waals surface area contributed by atoms with E-state index in [0.29, 0.717) is 35.8 Å². The number of para-hydroxylation sites is 1. The molecule has 164 valence electrons. The summed E-state index contributed by atoms with van der Waals surface area (Å²) in [5, 5.41) is 8.17.